The van der Waals surface area contributed by atoms with Crippen molar-refractivity contribution in [2.75, 3.05) is 24.2 Å². The number of nitrogens with zero attached hydrogens (tertiary/aromatic N) is 2. The minimum absolute atomic E-state index is 0.0987. The van der Waals surface area contributed by atoms with E-state index >= 15 is 0 Å². The van der Waals surface area contributed by atoms with Crippen LogP contribution in [-0.4, -0.2) is 28.9 Å². The SMILES string of the molecule is CCCCN.O=[N+]([O-])c1ccc(NC2=NCCS2)cc1. The number of benzene rings is 1. The zero-order chi connectivity index (χ0) is 14.8. The van der Waals surface area contributed by atoms with E-state index in [9.17, 15) is 10.1 Å². The number of rotatable bonds is 4. The molecule has 0 radical (unpaired) electrons. The highest BCUT2D eigenvalue weighted by Crippen LogP contribution is 2.18. The highest BCUT2D eigenvalue weighted by Gasteiger charge is 2.08. The first kappa shape index (κ1) is 16.5. The molecule has 3 N–H and O–H groups in total. The van der Waals surface area contributed by atoms with Gasteiger partial charge in [0.2, 0.25) is 0 Å². The Morgan fingerprint density at radius 2 is 2.15 bits per heavy atom. The van der Waals surface area contributed by atoms with Gasteiger partial charge in [-0.25, -0.2) is 0 Å². The average Bonchev–Trinajstić information content (AvgIpc) is 2.94. The first-order valence-electron chi connectivity index (χ1n) is 6.56. The Kier molecular flexibility index (Phi) is 7.67. The van der Waals surface area contributed by atoms with Gasteiger partial charge >= 0.3 is 0 Å². The molecule has 7 heteroatoms. The summed E-state index contributed by atoms with van der Waals surface area (Å²) < 4.78 is 0. The third-order valence-electron chi connectivity index (χ3n) is 2.47. The summed E-state index contributed by atoms with van der Waals surface area (Å²) in [6.45, 7) is 3.81. The van der Waals surface area contributed by atoms with E-state index < -0.39 is 4.92 Å². The van der Waals surface area contributed by atoms with Crippen LogP contribution in [0.4, 0.5) is 11.4 Å². The predicted octanol–water partition coefficient (Wildman–Crippen LogP) is 2.85. The molecule has 0 saturated heterocycles. The number of aliphatic imine (C=N–C) groups is 1. The van der Waals surface area contributed by atoms with E-state index in [0.29, 0.717) is 0 Å². The second-order valence-electron chi connectivity index (χ2n) is 4.11. The van der Waals surface area contributed by atoms with E-state index in [-0.39, 0.29) is 5.69 Å². The molecule has 1 aromatic carbocycles. The first-order chi connectivity index (χ1) is 9.67. The van der Waals surface area contributed by atoms with Crippen LogP contribution in [0.3, 0.4) is 0 Å². The maximum atomic E-state index is 10.4. The van der Waals surface area contributed by atoms with E-state index in [1.54, 1.807) is 23.9 Å². The molecule has 110 valence electrons. The van der Waals surface area contributed by atoms with Crippen molar-refractivity contribution >= 4 is 28.3 Å². The summed E-state index contributed by atoms with van der Waals surface area (Å²) in [6.07, 6.45) is 2.39. The Morgan fingerprint density at radius 3 is 2.55 bits per heavy atom. The average molecular weight is 296 g/mol. The molecule has 2 rings (SSSR count). The molecule has 0 atom stereocenters. The van der Waals surface area contributed by atoms with E-state index in [4.69, 9.17) is 5.73 Å². The van der Waals surface area contributed by atoms with E-state index in [0.717, 1.165) is 29.7 Å². The van der Waals surface area contributed by atoms with Gasteiger partial charge in [-0.3, -0.25) is 15.1 Å². The summed E-state index contributed by atoms with van der Waals surface area (Å²) in [5, 5.41) is 14.4. The Hall–Kier alpha value is -1.60. The number of nitrogens with two attached hydrogens (primary N) is 1. The molecular weight excluding hydrogens is 276 g/mol. The topological polar surface area (TPSA) is 93.5 Å². The lowest BCUT2D eigenvalue weighted by Gasteiger charge is -2.03. The number of nitrogens with one attached hydrogen (secondary N) is 1. The van der Waals surface area contributed by atoms with Crippen LogP contribution in [0.5, 0.6) is 0 Å². The highest BCUT2D eigenvalue weighted by atomic mass is 32.2. The van der Waals surface area contributed by atoms with Crippen LogP contribution in [-0.2, 0) is 0 Å². The lowest BCUT2D eigenvalue weighted by Crippen LogP contribution is -2.04. The molecule has 20 heavy (non-hydrogen) atoms. The summed E-state index contributed by atoms with van der Waals surface area (Å²) in [5.41, 5.74) is 6.07. The Labute approximate surface area is 123 Å². The highest BCUT2D eigenvalue weighted by molar-refractivity contribution is 8.14. The van der Waals surface area contributed by atoms with Gasteiger partial charge in [-0.15, -0.1) is 0 Å². The molecule has 1 heterocycles. The number of nitro benzene ring substituents is 1. The lowest BCUT2D eigenvalue weighted by molar-refractivity contribution is -0.384. The standard InChI is InChI=1S/C9H9N3O2S.C4H11N/c13-12(14)8-3-1-7(2-4-8)11-9-10-5-6-15-9;1-2-3-4-5/h1-4H,5-6H2,(H,10,11);2-5H2,1H3. The summed E-state index contributed by atoms with van der Waals surface area (Å²) in [5.74, 6) is 0.995. The maximum absolute atomic E-state index is 10.4. The number of nitro groups is 1. The molecule has 0 amide bonds. The van der Waals surface area contributed by atoms with Crippen molar-refractivity contribution in [3.8, 4) is 0 Å². The van der Waals surface area contributed by atoms with E-state index in [1.807, 2.05) is 0 Å². The second-order valence-corrected chi connectivity index (χ2v) is 5.19. The number of anilines is 1. The van der Waals surface area contributed by atoms with Crippen LogP contribution in [0.2, 0.25) is 0 Å². The van der Waals surface area contributed by atoms with Gasteiger partial charge in [0.25, 0.3) is 5.69 Å². The molecular formula is C13H20N4O2S. The molecule has 0 bridgehead atoms. The van der Waals surface area contributed by atoms with Crippen molar-refractivity contribution in [2.24, 2.45) is 10.7 Å². The molecule has 1 aliphatic heterocycles. The normalized spacial score (nSPS) is 13.2. The molecule has 6 nitrogen and oxygen atoms in total. The summed E-state index contributed by atoms with van der Waals surface area (Å²) in [6, 6.07) is 6.31. The van der Waals surface area contributed by atoms with Gasteiger partial charge in [0.05, 0.1) is 11.5 Å². The quantitative estimate of drug-likeness (QED) is 0.658. The fourth-order valence-electron chi connectivity index (χ4n) is 1.40. The summed E-state index contributed by atoms with van der Waals surface area (Å²) >= 11 is 1.65. The van der Waals surface area contributed by atoms with Crippen molar-refractivity contribution in [2.45, 2.75) is 19.8 Å². The molecule has 0 saturated carbocycles. The minimum Gasteiger partial charge on any atom is -0.335 e. The number of unbranched alkanes of at least 4 members (excludes halogenated alkanes) is 1. The smallest absolute Gasteiger partial charge is 0.269 e. The zero-order valence-electron chi connectivity index (χ0n) is 11.5. The fraction of sp³-hybridized carbons (Fsp3) is 0.462. The molecule has 0 fully saturated rings. The summed E-state index contributed by atoms with van der Waals surface area (Å²) in [7, 11) is 0. The minimum atomic E-state index is -0.411. The molecule has 0 aliphatic carbocycles. The van der Waals surface area contributed by atoms with Crippen molar-refractivity contribution in [3.63, 3.8) is 0 Å². The van der Waals surface area contributed by atoms with Crippen molar-refractivity contribution in [3.05, 3.63) is 34.4 Å². The third kappa shape index (κ3) is 6.03. The van der Waals surface area contributed by atoms with Gasteiger partial charge in [-0.1, -0.05) is 25.1 Å². The largest absolute Gasteiger partial charge is 0.335 e. The van der Waals surface area contributed by atoms with E-state index in [1.165, 1.54) is 25.0 Å². The first-order valence-corrected chi connectivity index (χ1v) is 7.54. The van der Waals surface area contributed by atoms with Crippen LogP contribution in [0.1, 0.15) is 19.8 Å². The number of non-ortho nitro benzene ring substituents is 1. The predicted molar refractivity (Wildman–Crippen MR) is 85.4 cm³/mol. The van der Waals surface area contributed by atoms with Crippen LogP contribution in [0.15, 0.2) is 29.3 Å². The van der Waals surface area contributed by atoms with E-state index in [2.05, 4.69) is 17.2 Å². The Balaban J connectivity index is 0.000000347. The third-order valence-corrected chi connectivity index (χ3v) is 3.36. The maximum Gasteiger partial charge on any atom is 0.269 e. The second kappa shape index (κ2) is 9.33. The van der Waals surface area contributed by atoms with Crippen molar-refractivity contribution in [1.29, 1.82) is 0 Å². The van der Waals surface area contributed by atoms with Crippen LogP contribution >= 0.6 is 11.8 Å². The summed E-state index contributed by atoms with van der Waals surface area (Å²) in [4.78, 5) is 14.2. The monoisotopic (exact) mass is 296 g/mol. The molecule has 0 unspecified atom stereocenters. The van der Waals surface area contributed by atoms with Gasteiger partial charge in [-0.2, -0.15) is 0 Å². The van der Waals surface area contributed by atoms with Crippen LogP contribution in [0, 0.1) is 10.1 Å². The van der Waals surface area contributed by atoms with Gasteiger partial charge in [0.15, 0.2) is 5.17 Å². The van der Waals surface area contributed by atoms with Gasteiger partial charge in [0, 0.05) is 23.6 Å². The lowest BCUT2D eigenvalue weighted by atomic mass is 10.3. The Bertz CT molecular complexity index is 446. The fourth-order valence-corrected chi connectivity index (χ4v) is 2.15. The zero-order valence-corrected chi connectivity index (χ0v) is 12.4. The van der Waals surface area contributed by atoms with Gasteiger partial charge in [-0.05, 0) is 25.1 Å². The van der Waals surface area contributed by atoms with Gasteiger partial charge < -0.3 is 11.1 Å². The molecule has 0 aromatic heterocycles. The molecule has 0 spiro atoms. The number of hydrogen-bond donors (Lipinski definition) is 2. The number of thioether (sulfide) groups is 1. The number of hydrogen-bond acceptors (Lipinski definition) is 6. The van der Waals surface area contributed by atoms with Crippen molar-refractivity contribution in [1.82, 2.24) is 0 Å². The molecule has 1 aromatic rings. The molecule has 1 aliphatic rings. The Morgan fingerprint density at radius 1 is 1.45 bits per heavy atom. The van der Waals surface area contributed by atoms with Gasteiger partial charge in [0.1, 0.15) is 0 Å². The number of amidine groups is 1. The van der Waals surface area contributed by atoms with Crippen LogP contribution < -0.4 is 11.1 Å². The van der Waals surface area contributed by atoms with Crippen LogP contribution in [0.25, 0.3) is 0 Å². The van der Waals surface area contributed by atoms with Crippen molar-refractivity contribution < 1.29 is 4.92 Å².